The minimum atomic E-state index is -0.311. The summed E-state index contributed by atoms with van der Waals surface area (Å²) >= 11 is 0. The quantitative estimate of drug-likeness (QED) is 0.871. The van der Waals surface area contributed by atoms with Crippen LogP contribution in [0.4, 0.5) is 0 Å². The van der Waals surface area contributed by atoms with Gasteiger partial charge in [-0.15, -0.1) is 0 Å². The highest BCUT2D eigenvalue weighted by Crippen LogP contribution is 2.29. The second kappa shape index (κ2) is 4.69. The fraction of sp³-hybridized carbons (Fsp3) is 0.600. The number of ether oxygens (including phenoxy) is 1. The number of rotatable bonds is 3. The monoisotopic (exact) mass is 235 g/mol. The molecule has 2 N–H and O–H groups in total. The van der Waals surface area contributed by atoms with Crippen molar-refractivity contribution in [2.45, 2.75) is 52.6 Å². The third-order valence-corrected chi connectivity index (χ3v) is 2.92. The topological polar surface area (TPSA) is 35.2 Å². The molecule has 0 saturated carbocycles. The van der Waals surface area contributed by atoms with E-state index in [1.807, 2.05) is 19.9 Å². The standard InChI is InChI=1S/C15H25NO/c1-11-9-12(14(2,3)4)7-8-13(11)17-15(5,6)10-16/h7-9H,10,16H2,1-6H3. The Hall–Kier alpha value is -1.02. The van der Waals surface area contributed by atoms with Gasteiger partial charge in [-0.05, 0) is 43.4 Å². The van der Waals surface area contributed by atoms with E-state index in [9.17, 15) is 0 Å². The highest BCUT2D eigenvalue weighted by Gasteiger charge is 2.20. The van der Waals surface area contributed by atoms with Crippen LogP contribution in [-0.4, -0.2) is 12.1 Å². The minimum absolute atomic E-state index is 0.173. The summed E-state index contributed by atoms with van der Waals surface area (Å²) in [5, 5.41) is 0. The van der Waals surface area contributed by atoms with E-state index in [1.54, 1.807) is 0 Å². The third-order valence-electron chi connectivity index (χ3n) is 2.92. The average Bonchev–Trinajstić information content (AvgIpc) is 2.19. The van der Waals surface area contributed by atoms with E-state index in [0.717, 1.165) is 5.75 Å². The largest absolute Gasteiger partial charge is 0.486 e. The third kappa shape index (κ3) is 3.74. The molecule has 0 unspecified atom stereocenters. The molecule has 0 aliphatic carbocycles. The highest BCUT2D eigenvalue weighted by atomic mass is 16.5. The van der Waals surface area contributed by atoms with Crippen molar-refractivity contribution in [2.75, 3.05) is 6.54 Å². The second-order valence-corrected chi connectivity index (χ2v) is 6.30. The van der Waals surface area contributed by atoms with Gasteiger partial charge in [0.15, 0.2) is 0 Å². The molecule has 2 nitrogen and oxygen atoms in total. The SMILES string of the molecule is Cc1cc(C(C)(C)C)ccc1OC(C)(C)CN. The molecule has 1 rings (SSSR count). The molecule has 96 valence electrons. The van der Waals surface area contributed by atoms with Crippen molar-refractivity contribution in [1.82, 2.24) is 0 Å². The molecule has 0 aliphatic heterocycles. The van der Waals surface area contributed by atoms with Crippen molar-refractivity contribution in [3.05, 3.63) is 29.3 Å². The Labute approximate surface area is 105 Å². The molecule has 1 aromatic rings. The van der Waals surface area contributed by atoms with Gasteiger partial charge < -0.3 is 10.5 Å². The first kappa shape index (κ1) is 14.0. The van der Waals surface area contributed by atoms with Crippen molar-refractivity contribution in [1.29, 1.82) is 0 Å². The van der Waals surface area contributed by atoms with Crippen LogP contribution in [0.1, 0.15) is 45.7 Å². The zero-order valence-electron chi connectivity index (χ0n) is 11.9. The average molecular weight is 235 g/mol. The van der Waals surface area contributed by atoms with Crippen LogP contribution in [0.15, 0.2) is 18.2 Å². The van der Waals surface area contributed by atoms with Crippen LogP contribution in [0.25, 0.3) is 0 Å². The lowest BCUT2D eigenvalue weighted by Crippen LogP contribution is -2.37. The number of hydrogen-bond acceptors (Lipinski definition) is 2. The van der Waals surface area contributed by atoms with Crippen LogP contribution in [0.3, 0.4) is 0 Å². The zero-order chi connectivity index (χ0) is 13.3. The van der Waals surface area contributed by atoms with E-state index >= 15 is 0 Å². The van der Waals surface area contributed by atoms with Crippen molar-refractivity contribution >= 4 is 0 Å². The number of benzene rings is 1. The molecule has 2 heteroatoms. The van der Waals surface area contributed by atoms with Crippen LogP contribution < -0.4 is 10.5 Å². The van der Waals surface area contributed by atoms with Gasteiger partial charge in [-0.2, -0.15) is 0 Å². The first-order chi connectivity index (χ1) is 7.65. The summed E-state index contributed by atoms with van der Waals surface area (Å²) < 4.78 is 5.92. The number of hydrogen-bond donors (Lipinski definition) is 1. The van der Waals surface area contributed by atoms with Crippen LogP contribution >= 0.6 is 0 Å². The van der Waals surface area contributed by atoms with Crippen molar-refractivity contribution < 1.29 is 4.74 Å². The van der Waals surface area contributed by atoms with Crippen LogP contribution in [0.2, 0.25) is 0 Å². The Morgan fingerprint density at radius 1 is 1.12 bits per heavy atom. The highest BCUT2D eigenvalue weighted by molar-refractivity contribution is 5.39. The summed E-state index contributed by atoms with van der Waals surface area (Å²) in [5.74, 6) is 0.924. The molecule has 0 amide bonds. The summed E-state index contributed by atoms with van der Waals surface area (Å²) in [6.45, 7) is 13.2. The molecule has 0 fully saturated rings. The summed E-state index contributed by atoms with van der Waals surface area (Å²) in [7, 11) is 0. The predicted octanol–water partition coefficient (Wildman–Crippen LogP) is 3.41. The molecule has 0 spiro atoms. The number of nitrogens with two attached hydrogens (primary N) is 1. The Morgan fingerprint density at radius 3 is 2.12 bits per heavy atom. The second-order valence-electron chi connectivity index (χ2n) is 6.30. The fourth-order valence-corrected chi connectivity index (χ4v) is 1.57. The lowest BCUT2D eigenvalue weighted by atomic mass is 9.86. The van der Waals surface area contributed by atoms with Crippen LogP contribution in [0, 0.1) is 6.92 Å². The van der Waals surface area contributed by atoms with Gasteiger partial charge >= 0.3 is 0 Å². The van der Waals surface area contributed by atoms with Gasteiger partial charge in [0.05, 0.1) is 0 Å². The van der Waals surface area contributed by atoms with Gasteiger partial charge in [-0.25, -0.2) is 0 Å². The summed E-state index contributed by atoms with van der Waals surface area (Å²) in [4.78, 5) is 0. The Kier molecular flexibility index (Phi) is 3.88. The maximum atomic E-state index is 5.92. The van der Waals surface area contributed by atoms with E-state index in [-0.39, 0.29) is 11.0 Å². The van der Waals surface area contributed by atoms with E-state index < -0.39 is 0 Å². The molecule has 0 saturated heterocycles. The lowest BCUT2D eigenvalue weighted by Gasteiger charge is -2.27. The Morgan fingerprint density at radius 2 is 1.71 bits per heavy atom. The maximum Gasteiger partial charge on any atom is 0.123 e. The van der Waals surface area contributed by atoms with Gasteiger partial charge in [0.2, 0.25) is 0 Å². The molecule has 1 aromatic carbocycles. The first-order valence-electron chi connectivity index (χ1n) is 6.16. The smallest absolute Gasteiger partial charge is 0.123 e. The molecule has 0 aromatic heterocycles. The van der Waals surface area contributed by atoms with Gasteiger partial charge in [0.1, 0.15) is 11.4 Å². The normalized spacial score (nSPS) is 12.6. The van der Waals surface area contributed by atoms with Crippen molar-refractivity contribution in [3.63, 3.8) is 0 Å². The van der Waals surface area contributed by atoms with Crippen LogP contribution in [0.5, 0.6) is 5.75 Å². The fourth-order valence-electron chi connectivity index (χ4n) is 1.57. The van der Waals surface area contributed by atoms with Gasteiger partial charge in [0, 0.05) is 6.54 Å². The minimum Gasteiger partial charge on any atom is -0.486 e. The molecular formula is C15H25NO. The molecule has 0 heterocycles. The molecule has 0 atom stereocenters. The lowest BCUT2D eigenvalue weighted by molar-refractivity contribution is 0.118. The predicted molar refractivity (Wildman–Crippen MR) is 73.6 cm³/mol. The molecule has 0 aliphatic rings. The van der Waals surface area contributed by atoms with Crippen LogP contribution in [-0.2, 0) is 5.41 Å². The van der Waals surface area contributed by atoms with E-state index in [1.165, 1.54) is 11.1 Å². The van der Waals surface area contributed by atoms with E-state index in [0.29, 0.717) is 6.54 Å². The van der Waals surface area contributed by atoms with Gasteiger partial charge in [0.25, 0.3) is 0 Å². The van der Waals surface area contributed by atoms with Gasteiger partial charge in [-0.1, -0.05) is 32.9 Å². The number of aryl methyl sites for hydroxylation is 1. The molecule has 17 heavy (non-hydrogen) atoms. The molecular weight excluding hydrogens is 210 g/mol. The first-order valence-corrected chi connectivity index (χ1v) is 6.16. The Balaban J connectivity index is 2.99. The summed E-state index contributed by atoms with van der Waals surface area (Å²) in [5.41, 5.74) is 8.03. The molecule has 0 radical (unpaired) electrons. The van der Waals surface area contributed by atoms with Crippen molar-refractivity contribution in [3.8, 4) is 5.75 Å². The van der Waals surface area contributed by atoms with E-state index in [4.69, 9.17) is 10.5 Å². The van der Waals surface area contributed by atoms with Crippen molar-refractivity contribution in [2.24, 2.45) is 5.73 Å². The molecule has 0 bridgehead atoms. The summed E-state index contributed by atoms with van der Waals surface area (Å²) in [6.07, 6.45) is 0. The van der Waals surface area contributed by atoms with Gasteiger partial charge in [-0.3, -0.25) is 0 Å². The summed E-state index contributed by atoms with van der Waals surface area (Å²) in [6, 6.07) is 6.38. The Bertz CT molecular complexity index is 388. The zero-order valence-corrected chi connectivity index (χ0v) is 11.9. The maximum absolute atomic E-state index is 5.92. The van der Waals surface area contributed by atoms with E-state index in [2.05, 4.69) is 39.8 Å².